The van der Waals surface area contributed by atoms with Gasteiger partial charge in [-0.3, -0.25) is 14.4 Å². The maximum absolute atomic E-state index is 12.6. The van der Waals surface area contributed by atoms with Crippen LogP contribution in [0.25, 0.3) is 0 Å². The highest BCUT2D eigenvalue weighted by Gasteiger charge is 2.27. The first kappa shape index (κ1) is 29.8. The van der Waals surface area contributed by atoms with Gasteiger partial charge in [0.1, 0.15) is 6.17 Å². The van der Waals surface area contributed by atoms with E-state index in [0.717, 1.165) is 0 Å². The first-order chi connectivity index (χ1) is 18.7. The molecule has 0 saturated heterocycles. The summed E-state index contributed by atoms with van der Waals surface area (Å²) >= 11 is 5.99. The highest BCUT2D eigenvalue weighted by Crippen LogP contribution is 2.37. The molecule has 3 aromatic rings. The number of carbonyl (C=O) groups excluding carboxylic acids is 2. The number of H-pyrrole nitrogens is 1. The molecule has 0 spiro atoms. The zero-order valence-corrected chi connectivity index (χ0v) is 22.3. The van der Waals surface area contributed by atoms with E-state index >= 15 is 0 Å². The summed E-state index contributed by atoms with van der Waals surface area (Å²) < 4.78 is 0. The number of pyridine rings is 1. The number of benzene rings is 2. The highest BCUT2D eigenvalue weighted by atomic mass is 35.5. The van der Waals surface area contributed by atoms with E-state index in [1.54, 1.807) is 42.5 Å². The number of aromatic amines is 1. The van der Waals surface area contributed by atoms with Crippen LogP contribution in [0.4, 0.5) is 17.1 Å². The van der Waals surface area contributed by atoms with E-state index in [0.29, 0.717) is 52.3 Å². The van der Waals surface area contributed by atoms with Gasteiger partial charge in [-0.1, -0.05) is 23.7 Å². The maximum atomic E-state index is 12.6. The van der Waals surface area contributed by atoms with Gasteiger partial charge in [0.25, 0.3) is 5.56 Å². The molecule has 0 saturated carbocycles. The molecule has 0 amide bonds. The molecule has 2 atom stereocenters. The normalized spacial score (nSPS) is 13.8. The van der Waals surface area contributed by atoms with Gasteiger partial charge < -0.3 is 41.2 Å². The monoisotopic (exact) mass is 557 g/mol. The van der Waals surface area contributed by atoms with Gasteiger partial charge in [-0.25, -0.2) is 0 Å². The lowest BCUT2D eigenvalue weighted by atomic mass is 10.1. The average Bonchev–Trinajstić information content (AvgIpc) is 3.33. The van der Waals surface area contributed by atoms with Gasteiger partial charge in [-0.2, -0.15) is 0 Å². The van der Waals surface area contributed by atoms with Crippen LogP contribution < -0.4 is 21.5 Å². The molecule has 12 heteroatoms. The summed E-state index contributed by atoms with van der Waals surface area (Å²) in [5.74, 6) is 0. The van der Waals surface area contributed by atoms with Gasteiger partial charge in [0.2, 0.25) is 0 Å². The Morgan fingerprint density at radius 1 is 1.05 bits per heavy atom. The smallest absolute Gasteiger partial charge is 0.257 e. The molecule has 0 radical (unpaired) electrons. The molecular formula is C27H32ClN5O6. The number of aliphatic hydroxyl groups excluding tert-OH is 3. The Morgan fingerprint density at radius 2 is 1.69 bits per heavy atom. The van der Waals surface area contributed by atoms with Gasteiger partial charge in [-0.15, -0.1) is 0 Å². The van der Waals surface area contributed by atoms with Crippen molar-refractivity contribution in [3.8, 4) is 0 Å². The summed E-state index contributed by atoms with van der Waals surface area (Å²) in [5, 5.41) is 37.5. The number of halogens is 1. The summed E-state index contributed by atoms with van der Waals surface area (Å²) in [5.41, 5.74) is 2.94. The lowest BCUT2D eigenvalue weighted by molar-refractivity contribution is 0.0728. The predicted molar refractivity (Wildman–Crippen MR) is 151 cm³/mol. The number of nitrogens with zero attached hydrogens (tertiary/aromatic N) is 1. The third-order valence-electron chi connectivity index (χ3n) is 5.87. The van der Waals surface area contributed by atoms with E-state index in [2.05, 4.69) is 20.9 Å². The van der Waals surface area contributed by atoms with Crippen LogP contribution in [0.1, 0.15) is 44.1 Å². The number of rotatable bonds is 10. The Bertz CT molecular complexity index is 1310. The topological polar surface area (TPSA) is 167 Å². The van der Waals surface area contributed by atoms with Gasteiger partial charge in [0.05, 0.1) is 35.8 Å². The Hall–Kier alpha value is -3.74. The number of carbonyl (C=O) groups is 2. The number of hydrogen-bond donors (Lipinski definition) is 7. The van der Waals surface area contributed by atoms with Gasteiger partial charge in [0, 0.05) is 41.1 Å². The zero-order valence-electron chi connectivity index (χ0n) is 21.5. The molecule has 11 nitrogen and oxygen atoms in total. The second-order valence-electron chi connectivity index (χ2n) is 9.17. The van der Waals surface area contributed by atoms with Crippen molar-refractivity contribution >= 4 is 41.2 Å². The van der Waals surface area contributed by atoms with Crippen molar-refractivity contribution in [1.29, 1.82) is 0 Å². The Balaban J connectivity index is 0.000000459. The fourth-order valence-corrected chi connectivity index (χ4v) is 4.22. The van der Waals surface area contributed by atoms with Crippen molar-refractivity contribution in [2.45, 2.75) is 18.4 Å². The summed E-state index contributed by atoms with van der Waals surface area (Å²) in [6.45, 7) is 0.524. The summed E-state index contributed by atoms with van der Waals surface area (Å²) in [6, 6.07) is 11.7. The average molecular weight is 558 g/mol. The van der Waals surface area contributed by atoms with Crippen molar-refractivity contribution in [3.05, 3.63) is 86.3 Å². The van der Waals surface area contributed by atoms with E-state index in [1.807, 2.05) is 19.0 Å². The van der Waals surface area contributed by atoms with E-state index in [1.165, 1.54) is 6.20 Å². The predicted octanol–water partition coefficient (Wildman–Crippen LogP) is 2.24. The molecule has 0 fully saturated rings. The number of fused-ring (bicyclic) bond motifs is 1. The maximum Gasteiger partial charge on any atom is 0.257 e. The van der Waals surface area contributed by atoms with Crippen LogP contribution in [0.15, 0.2) is 53.5 Å². The minimum Gasteiger partial charge on any atom is -0.394 e. The number of aliphatic hydroxyl groups is 3. The van der Waals surface area contributed by atoms with Crippen LogP contribution in [0, 0.1) is 0 Å². The number of nitrogens with one attached hydrogen (secondary N) is 4. The molecule has 1 aliphatic heterocycles. The standard InChI is InChI=1S/C22H19ClN4O4.C5H13NO2/c23-15-3-1-2-12(6-15)19(30)9-25-16-4-5-24-22(31)20(16)21-26-17-7-13(10-28)14(11-29)8-18(17)27-21;1-6(2)3-5(8)4-7/h1-8,10-11,19,21,26-27,30H,9H2,(H2,24,25,31);5,7-8H,3-4H2,1-2H3. The first-order valence-electron chi connectivity index (χ1n) is 12.1. The number of aromatic nitrogens is 1. The summed E-state index contributed by atoms with van der Waals surface area (Å²) in [4.78, 5) is 39.5. The Labute approximate surface area is 230 Å². The quantitative estimate of drug-likeness (QED) is 0.184. The minimum absolute atomic E-state index is 0.154. The second-order valence-corrected chi connectivity index (χ2v) is 9.61. The molecule has 208 valence electrons. The van der Waals surface area contributed by atoms with Crippen molar-refractivity contribution in [1.82, 2.24) is 9.88 Å². The first-order valence-corrected chi connectivity index (χ1v) is 12.5. The molecule has 2 aromatic carbocycles. The van der Waals surface area contributed by atoms with Crippen molar-refractivity contribution in [3.63, 3.8) is 0 Å². The third-order valence-corrected chi connectivity index (χ3v) is 6.11. The fraction of sp³-hybridized carbons (Fsp3) is 0.296. The van der Waals surface area contributed by atoms with Gasteiger partial charge >= 0.3 is 0 Å². The zero-order chi connectivity index (χ0) is 28.5. The highest BCUT2D eigenvalue weighted by molar-refractivity contribution is 6.30. The molecule has 1 aromatic heterocycles. The number of aldehydes is 2. The van der Waals surface area contributed by atoms with Gasteiger partial charge in [-0.05, 0) is 50.0 Å². The van der Waals surface area contributed by atoms with Crippen LogP contribution in [0.5, 0.6) is 0 Å². The van der Waals surface area contributed by atoms with E-state index in [4.69, 9.17) is 21.8 Å². The molecule has 2 heterocycles. The second kappa shape index (κ2) is 13.9. The Morgan fingerprint density at radius 3 is 2.21 bits per heavy atom. The number of anilines is 3. The lowest BCUT2D eigenvalue weighted by Gasteiger charge is -2.19. The van der Waals surface area contributed by atoms with Crippen molar-refractivity contribution < 1.29 is 24.9 Å². The summed E-state index contributed by atoms with van der Waals surface area (Å²) in [7, 11) is 3.69. The summed E-state index contributed by atoms with van der Waals surface area (Å²) in [6.07, 6.45) is 0.698. The van der Waals surface area contributed by atoms with Crippen molar-refractivity contribution in [2.24, 2.45) is 0 Å². The number of likely N-dealkylation sites (N-methyl/N-ethyl adjacent to an activating group) is 1. The Kier molecular flexibility index (Phi) is 10.6. The van der Waals surface area contributed by atoms with Crippen molar-refractivity contribution in [2.75, 3.05) is 49.7 Å². The van der Waals surface area contributed by atoms with Crippen LogP contribution in [0.2, 0.25) is 5.02 Å². The van der Waals surface area contributed by atoms with E-state index in [-0.39, 0.29) is 29.8 Å². The molecule has 0 bridgehead atoms. The molecule has 1 aliphatic rings. The van der Waals surface area contributed by atoms with E-state index < -0.39 is 18.4 Å². The molecular weight excluding hydrogens is 526 g/mol. The minimum atomic E-state index is -0.835. The molecule has 39 heavy (non-hydrogen) atoms. The van der Waals surface area contributed by atoms with Crippen LogP contribution in [-0.2, 0) is 0 Å². The van der Waals surface area contributed by atoms with Crippen LogP contribution in [0.3, 0.4) is 0 Å². The fourth-order valence-electron chi connectivity index (χ4n) is 4.02. The van der Waals surface area contributed by atoms with Crippen LogP contribution >= 0.6 is 11.6 Å². The SMILES string of the molecule is CN(C)CC(O)CO.O=Cc1cc2c(cc1C=O)NC(c1c(NCC(O)c3cccc(Cl)c3)cc[nH]c1=O)N2. The largest absolute Gasteiger partial charge is 0.394 e. The van der Waals surface area contributed by atoms with Crippen LogP contribution in [-0.4, -0.2) is 77.7 Å². The lowest BCUT2D eigenvalue weighted by Crippen LogP contribution is -2.28. The third kappa shape index (κ3) is 7.88. The van der Waals surface area contributed by atoms with E-state index in [9.17, 15) is 19.5 Å². The van der Waals surface area contributed by atoms with Gasteiger partial charge in [0.15, 0.2) is 12.6 Å². The molecule has 7 N–H and O–H groups in total. The molecule has 0 aliphatic carbocycles. The number of hydrogen-bond acceptors (Lipinski definition) is 10. The molecule has 2 unspecified atom stereocenters. The molecule has 4 rings (SSSR count).